The third-order valence-corrected chi connectivity index (χ3v) is 4.63. The van der Waals surface area contributed by atoms with Crippen LogP contribution in [0.25, 0.3) is 0 Å². The lowest BCUT2D eigenvalue weighted by atomic mass is 9.99. The molecule has 0 aliphatic heterocycles. The van der Waals surface area contributed by atoms with E-state index in [1.165, 1.54) is 4.90 Å². The van der Waals surface area contributed by atoms with Gasteiger partial charge >= 0.3 is 0 Å². The monoisotopic (exact) mass is 353 g/mol. The summed E-state index contributed by atoms with van der Waals surface area (Å²) in [5, 5.41) is 2.89. The molecule has 0 bridgehead atoms. The number of benzene rings is 1. The predicted octanol–water partition coefficient (Wildman–Crippen LogP) is 2.59. The summed E-state index contributed by atoms with van der Waals surface area (Å²) in [6.07, 6.45) is 4.39. The van der Waals surface area contributed by atoms with E-state index in [9.17, 15) is 9.59 Å². The Morgan fingerprint density at radius 2 is 2.00 bits per heavy atom. The van der Waals surface area contributed by atoms with E-state index in [-0.39, 0.29) is 42.7 Å². The van der Waals surface area contributed by atoms with Gasteiger partial charge in [-0.25, -0.2) is 0 Å². The highest BCUT2D eigenvalue weighted by molar-refractivity contribution is 5.95. The molecule has 3 N–H and O–H groups in total. The van der Waals surface area contributed by atoms with Crippen LogP contribution in [-0.2, 0) is 16.0 Å². The summed E-state index contributed by atoms with van der Waals surface area (Å²) < 4.78 is 0. The topological polar surface area (TPSA) is 75.4 Å². The molecular formula is C18H28ClN3O2. The first kappa shape index (κ1) is 20.5. The maximum atomic E-state index is 12.2. The minimum Gasteiger partial charge on any atom is -0.336 e. The molecule has 0 radical (unpaired) electrons. The van der Waals surface area contributed by atoms with Crippen LogP contribution >= 0.6 is 12.4 Å². The predicted molar refractivity (Wildman–Crippen MR) is 99.3 cm³/mol. The number of aryl methyl sites for hydroxylation is 1. The van der Waals surface area contributed by atoms with Gasteiger partial charge in [0.2, 0.25) is 11.8 Å². The lowest BCUT2D eigenvalue weighted by Crippen LogP contribution is -2.37. The molecule has 1 aliphatic rings. The summed E-state index contributed by atoms with van der Waals surface area (Å²) in [7, 11) is 1.67. The summed E-state index contributed by atoms with van der Waals surface area (Å²) in [6, 6.07) is 7.85. The molecule has 1 saturated carbocycles. The van der Waals surface area contributed by atoms with E-state index in [1.807, 2.05) is 31.2 Å². The average molecular weight is 354 g/mol. The Bertz CT molecular complexity index is 565. The molecule has 0 spiro atoms. The number of carbonyl (C=O) groups is 2. The number of hydrogen-bond acceptors (Lipinski definition) is 3. The lowest BCUT2D eigenvalue weighted by molar-refractivity contribution is -0.134. The van der Waals surface area contributed by atoms with Gasteiger partial charge in [0.05, 0.1) is 6.54 Å². The Morgan fingerprint density at radius 1 is 1.29 bits per heavy atom. The first-order chi connectivity index (χ1) is 11.0. The van der Waals surface area contributed by atoms with Crippen molar-refractivity contribution in [3.63, 3.8) is 0 Å². The molecule has 1 aromatic rings. The molecule has 134 valence electrons. The maximum absolute atomic E-state index is 12.2. The highest BCUT2D eigenvalue weighted by Gasteiger charge is 2.27. The van der Waals surface area contributed by atoms with Gasteiger partial charge in [0.15, 0.2) is 0 Å². The van der Waals surface area contributed by atoms with Crippen molar-refractivity contribution in [2.45, 2.75) is 45.1 Å². The van der Waals surface area contributed by atoms with Gasteiger partial charge in [-0.1, -0.05) is 31.5 Å². The minimum atomic E-state index is -0.169. The van der Waals surface area contributed by atoms with Crippen LogP contribution in [0.4, 0.5) is 5.69 Å². The second-order valence-corrected chi connectivity index (χ2v) is 6.37. The van der Waals surface area contributed by atoms with Gasteiger partial charge in [-0.15, -0.1) is 12.4 Å². The minimum absolute atomic E-state index is 0. The van der Waals surface area contributed by atoms with Crippen LogP contribution in [0.2, 0.25) is 0 Å². The standard InChI is InChI=1S/C18H27N3O2.ClH/c1-3-13-7-4-5-10-16(13)20-17(22)12-21(2)18(23)11-14-8-6-9-15(14)19;/h4-5,7,10,14-15H,3,6,8-9,11-12,19H2,1-2H3,(H,20,22);1H/t14-,15+;/m0./s1. The first-order valence-corrected chi connectivity index (χ1v) is 8.38. The summed E-state index contributed by atoms with van der Waals surface area (Å²) >= 11 is 0. The zero-order valence-corrected chi connectivity index (χ0v) is 15.3. The van der Waals surface area contributed by atoms with Gasteiger partial charge in [0.25, 0.3) is 0 Å². The van der Waals surface area contributed by atoms with Gasteiger partial charge < -0.3 is 16.0 Å². The normalized spacial score (nSPS) is 19.5. The third-order valence-electron chi connectivity index (χ3n) is 4.63. The smallest absolute Gasteiger partial charge is 0.243 e. The Balaban J connectivity index is 0.00000288. The number of anilines is 1. The third kappa shape index (κ3) is 5.49. The lowest BCUT2D eigenvalue weighted by Gasteiger charge is -2.21. The summed E-state index contributed by atoms with van der Waals surface area (Å²) in [4.78, 5) is 25.9. The number of hydrogen-bond donors (Lipinski definition) is 2. The average Bonchev–Trinajstić information content (AvgIpc) is 2.92. The van der Waals surface area contributed by atoms with Crippen molar-refractivity contribution in [1.29, 1.82) is 0 Å². The Kier molecular flexibility index (Phi) is 8.22. The number of halogens is 1. The fourth-order valence-corrected chi connectivity index (χ4v) is 3.14. The van der Waals surface area contributed by atoms with Crippen LogP contribution < -0.4 is 11.1 Å². The molecular weight excluding hydrogens is 326 g/mol. The SMILES string of the molecule is CCc1ccccc1NC(=O)CN(C)C(=O)C[C@@H]1CCC[C@H]1N.Cl. The van der Waals surface area contributed by atoms with Crippen LogP contribution in [-0.4, -0.2) is 36.3 Å². The quantitative estimate of drug-likeness (QED) is 0.825. The molecule has 1 aliphatic carbocycles. The van der Waals surface area contributed by atoms with E-state index < -0.39 is 0 Å². The second-order valence-electron chi connectivity index (χ2n) is 6.37. The van der Waals surface area contributed by atoms with E-state index >= 15 is 0 Å². The van der Waals surface area contributed by atoms with Crippen molar-refractivity contribution in [3.8, 4) is 0 Å². The van der Waals surface area contributed by atoms with Crippen LogP contribution in [0.5, 0.6) is 0 Å². The number of nitrogens with one attached hydrogen (secondary N) is 1. The molecule has 2 amide bonds. The largest absolute Gasteiger partial charge is 0.336 e. The fourth-order valence-electron chi connectivity index (χ4n) is 3.14. The van der Waals surface area contributed by atoms with Gasteiger partial charge in [0.1, 0.15) is 0 Å². The van der Waals surface area contributed by atoms with Crippen molar-refractivity contribution in [2.75, 3.05) is 18.9 Å². The molecule has 1 fully saturated rings. The van der Waals surface area contributed by atoms with Gasteiger partial charge in [-0.2, -0.15) is 0 Å². The number of nitrogens with two attached hydrogens (primary N) is 1. The summed E-state index contributed by atoms with van der Waals surface area (Å²) in [5.74, 6) is 0.0811. The molecule has 6 heteroatoms. The molecule has 2 atom stereocenters. The molecule has 0 heterocycles. The van der Waals surface area contributed by atoms with Crippen molar-refractivity contribution in [1.82, 2.24) is 4.90 Å². The van der Waals surface area contributed by atoms with E-state index in [2.05, 4.69) is 5.32 Å². The van der Waals surface area contributed by atoms with E-state index in [0.29, 0.717) is 6.42 Å². The molecule has 0 saturated heterocycles. The Labute approximate surface area is 150 Å². The molecule has 0 unspecified atom stereocenters. The summed E-state index contributed by atoms with van der Waals surface area (Å²) in [6.45, 7) is 2.12. The molecule has 24 heavy (non-hydrogen) atoms. The van der Waals surface area contributed by atoms with Crippen molar-refractivity contribution in [2.24, 2.45) is 11.7 Å². The van der Waals surface area contributed by atoms with Crippen LogP contribution in [0, 0.1) is 5.92 Å². The molecule has 0 aromatic heterocycles. The van der Waals surface area contributed by atoms with E-state index in [0.717, 1.165) is 36.9 Å². The van der Waals surface area contributed by atoms with Gasteiger partial charge in [-0.3, -0.25) is 9.59 Å². The number of amides is 2. The molecule has 5 nitrogen and oxygen atoms in total. The van der Waals surface area contributed by atoms with Crippen molar-refractivity contribution < 1.29 is 9.59 Å². The number of rotatable bonds is 6. The van der Waals surface area contributed by atoms with Crippen LogP contribution in [0.1, 0.15) is 38.2 Å². The number of carbonyl (C=O) groups excluding carboxylic acids is 2. The molecule has 2 rings (SSSR count). The summed E-state index contributed by atoms with van der Waals surface area (Å²) in [5.41, 5.74) is 7.92. The van der Waals surface area contributed by atoms with Gasteiger partial charge in [0, 0.05) is 25.2 Å². The Morgan fingerprint density at radius 3 is 2.62 bits per heavy atom. The highest BCUT2D eigenvalue weighted by atomic mass is 35.5. The van der Waals surface area contributed by atoms with Crippen LogP contribution in [0.15, 0.2) is 24.3 Å². The van der Waals surface area contributed by atoms with Crippen molar-refractivity contribution >= 4 is 29.9 Å². The highest BCUT2D eigenvalue weighted by Crippen LogP contribution is 2.27. The second kappa shape index (κ2) is 9.64. The van der Waals surface area contributed by atoms with Gasteiger partial charge in [-0.05, 0) is 36.8 Å². The first-order valence-electron chi connectivity index (χ1n) is 8.38. The van der Waals surface area contributed by atoms with Crippen molar-refractivity contribution in [3.05, 3.63) is 29.8 Å². The number of nitrogens with zero attached hydrogens (tertiary/aromatic N) is 1. The number of likely N-dealkylation sites (N-methyl/N-ethyl adjacent to an activating group) is 1. The Hall–Kier alpha value is -1.59. The number of para-hydroxylation sites is 1. The van der Waals surface area contributed by atoms with E-state index in [4.69, 9.17) is 5.73 Å². The molecule has 1 aromatic carbocycles. The van der Waals surface area contributed by atoms with Crippen LogP contribution in [0.3, 0.4) is 0 Å². The zero-order chi connectivity index (χ0) is 16.8. The zero-order valence-electron chi connectivity index (χ0n) is 14.5. The fraction of sp³-hybridized carbons (Fsp3) is 0.556. The maximum Gasteiger partial charge on any atom is 0.243 e. The van der Waals surface area contributed by atoms with E-state index in [1.54, 1.807) is 7.05 Å².